The van der Waals surface area contributed by atoms with Crippen molar-refractivity contribution in [2.75, 3.05) is 14.2 Å². The van der Waals surface area contributed by atoms with Gasteiger partial charge in [-0.3, -0.25) is 20.0 Å². The Morgan fingerprint density at radius 2 is 1.61 bits per heavy atom. The number of methoxy groups -OCH3 is 2. The molecule has 0 spiro atoms. The average molecular weight is 488 g/mol. The van der Waals surface area contributed by atoms with Crippen molar-refractivity contribution in [3.63, 3.8) is 0 Å². The molecule has 0 saturated heterocycles. The van der Waals surface area contributed by atoms with Crippen LogP contribution in [-0.2, 0) is 19.1 Å². The molecule has 7 nitrogen and oxygen atoms in total. The van der Waals surface area contributed by atoms with Gasteiger partial charge in [-0.1, -0.05) is 60.7 Å². The van der Waals surface area contributed by atoms with Gasteiger partial charge in [0.05, 0.1) is 32.9 Å². The van der Waals surface area contributed by atoms with Gasteiger partial charge in [0.2, 0.25) is 0 Å². The topological polar surface area (TPSA) is 93.3 Å². The highest BCUT2D eigenvalue weighted by atomic mass is 19.1. The fraction of sp³-hybridized carbons (Fsp3) is 0.179. The summed E-state index contributed by atoms with van der Waals surface area (Å²) in [7, 11) is 2.50. The molecule has 184 valence electrons. The predicted octanol–water partition coefficient (Wildman–Crippen LogP) is 4.67. The summed E-state index contributed by atoms with van der Waals surface area (Å²) in [5, 5.41) is 9.92. The zero-order valence-corrected chi connectivity index (χ0v) is 19.9. The number of H-pyrrole nitrogens is 1. The van der Waals surface area contributed by atoms with Crippen LogP contribution >= 0.6 is 0 Å². The summed E-state index contributed by atoms with van der Waals surface area (Å²) < 4.78 is 24.6. The number of aromatic amines is 1. The lowest BCUT2D eigenvalue weighted by Gasteiger charge is -2.24. The first kappa shape index (κ1) is 24.8. The number of nitrogens with one attached hydrogen (secondary N) is 2. The lowest BCUT2D eigenvalue weighted by Crippen LogP contribution is -2.42. The molecule has 2 unspecified atom stereocenters. The summed E-state index contributed by atoms with van der Waals surface area (Å²) in [6, 6.07) is 20.8. The molecule has 1 heterocycles. The van der Waals surface area contributed by atoms with Gasteiger partial charge in [0.1, 0.15) is 11.9 Å². The van der Waals surface area contributed by atoms with Crippen molar-refractivity contribution >= 4 is 11.9 Å². The number of nitrogens with zero attached hydrogens (tertiary/aromatic N) is 1. The highest BCUT2D eigenvalue weighted by Crippen LogP contribution is 2.31. The van der Waals surface area contributed by atoms with Gasteiger partial charge in [-0.25, -0.2) is 4.39 Å². The van der Waals surface area contributed by atoms with Crippen LogP contribution in [0.2, 0.25) is 0 Å². The van der Waals surface area contributed by atoms with Crippen LogP contribution in [0.1, 0.15) is 23.6 Å². The summed E-state index contributed by atoms with van der Waals surface area (Å²) in [5.74, 6) is -1.56. The van der Waals surface area contributed by atoms with Crippen molar-refractivity contribution < 1.29 is 23.5 Å². The van der Waals surface area contributed by atoms with E-state index >= 15 is 0 Å². The van der Waals surface area contributed by atoms with Crippen LogP contribution in [0.25, 0.3) is 22.3 Å². The number of rotatable bonds is 9. The molecule has 0 fully saturated rings. The van der Waals surface area contributed by atoms with E-state index in [-0.39, 0.29) is 12.2 Å². The lowest BCUT2D eigenvalue weighted by atomic mass is 9.94. The summed E-state index contributed by atoms with van der Waals surface area (Å²) >= 11 is 0. The van der Waals surface area contributed by atoms with E-state index in [1.165, 1.54) is 20.3 Å². The van der Waals surface area contributed by atoms with Crippen molar-refractivity contribution in [3.05, 3.63) is 102 Å². The minimum Gasteiger partial charge on any atom is -0.469 e. The monoisotopic (exact) mass is 487 g/mol. The van der Waals surface area contributed by atoms with Crippen LogP contribution in [0.15, 0.2) is 85.2 Å². The van der Waals surface area contributed by atoms with E-state index in [0.717, 1.165) is 11.1 Å². The van der Waals surface area contributed by atoms with Crippen LogP contribution in [0.4, 0.5) is 4.39 Å². The molecular weight excluding hydrogens is 461 g/mol. The Hall–Kier alpha value is -4.30. The molecule has 0 radical (unpaired) electrons. The highest BCUT2D eigenvalue weighted by Gasteiger charge is 2.28. The van der Waals surface area contributed by atoms with Gasteiger partial charge < -0.3 is 9.47 Å². The third-order valence-corrected chi connectivity index (χ3v) is 5.93. The van der Waals surface area contributed by atoms with E-state index in [1.54, 1.807) is 24.5 Å². The fourth-order valence-electron chi connectivity index (χ4n) is 4.02. The van der Waals surface area contributed by atoms with Crippen molar-refractivity contribution in [1.29, 1.82) is 0 Å². The van der Waals surface area contributed by atoms with Crippen LogP contribution in [-0.4, -0.2) is 42.4 Å². The quantitative estimate of drug-likeness (QED) is 0.334. The number of hydrogen-bond donors (Lipinski definition) is 2. The predicted molar refractivity (Wildman–Crippen MR) is 133 cm³/mol. The average Bonchev–Trinajstić information content (AvgIpc) is 3.46. The molecule has 36 heavy (non-hydrogen) atoms. The number of halogens is 1. The maximum Gasteiger partial charge on any atom is 0.323 e. The molecule has 4 rings (SSSR count). The Balaban J connectivity index is 1.69. The van der Waals surface area contributed by atoms with Crippen LogP contribution in [0.3, 0.4) is 0 Å². The second kappa shape index (κ2) is 11.4. The molecule has 2 N–H and O–H groups in total. The maximum atomic E-state index is 15.0. The number of carbonyl (C=O) groups excluding carboxylic acids is 2. The number of benzene rings is 3. The van der Waals surface area contributed by atoms with Gasteiger partial charge in [0.15, 0.2) is 0 Å². The minimum absolute atomic E-state index is 0.230. The van der Waals surface area contributed by atoms with E-state index in [2.05, 4.69) is 15.5 Å². The van der Waals surface area contributed by atoms with Gasteiger partial charge in [-0.15, -0.1) is 0 Å². The van der Waals surface area contributed by atoms with E-state index in [0.29, 0.717) is 22.3 Å². The summed E-state index contributed by atoms with van der Waals surface area (Å²) in [6.07, 6.45) is 3.04. The second-order valence-electron chi connectivity index (χ2n) is 8.17. The number of carbonyl (C=O) groups is 2. The van der Waals surface area contributed by atoms with Crippen LogP contribution < -0.4 is 5.32 Å². The fourth-order valence-corrected chi connectivity index (χ4v) is 4.02. The van der Waals surface area contributed by atoms with Gasteiger partial charge in [-0.2, -0.15) is 5.10 Å². The smallest absolute Gasteiger partial charge is 0.323 e. The van der Waals surface area contributed by atoms with Gasteiger partial charge >= 0.3 is 11.9 Å². The molecule has 3 aromatic carbocycles. The largest absolute Gasteiger partial charge is 0.469 e. The molecule has 1 aromatic heterocycles. The van der Waals surface area contributed by atoms with Crippen molar-refractivity contribution in [3.8, 4) is 22.3 Å². The Kier molecular flexibility index (Phi) is 7.87. The molecule has 2 atom stereocenters. The number of esters is 2. The molecule has 0 aliphatic carbocycles. The van der Waals surface area contributed by atoms with Crippen LogP contribution in [0.5, 0.6) is 0 Å². The first-order valence-electron chi connectivity index (χ1n) is 11.3. The molecule has 0 saturated carbocycles. The molecule has 0 amide bonds. The van der Waals surface area contributed by atoms with Gasteiger partial charge in [0.25, 0.3) is 0 Å². The van der Waals surface area contributed by atoms with Crippen molar-refractivity contribution in [1.82, 2.24) is 15.5 Å². The molecule has 0 aliphatic heterocycles. The summed E-state index contributed by atoms with van der Waals surface area (Å²) in [5.41, 5.74) is 4.59. The zero-order chi connectivity index (χ0) is 25.5. The first-order chi connectivity index (χ1) is 17.5. The second-order valence-corrected chi connectivity index (χ2v) is 8.17. The number of aromatic nitrogens is 2. The normalized spacial score (nSPS) is 12.5. The summed E-state index contributed by atoms with van der Waals surface area (Å²) in [4.78, 5) is 24.3. The molecule has 8 heteroatoms. The SMILES string of the molecule is COC(=O)CC(NC(c1cn[nH]c1)c1ccc(F)c(-c2ccc(-c3ccccc3)cc2)c1)C(=O)OC. The van der Waals surface area contributed by atoms with Crippen molar-refractivity contribution in [2.45, 2.75) is 18.5 Å². The molecular formula is C28H26FN3O4. The maximum absolute atomic E-state index is 15.0. The lowest BCUT2D eigenvalue weighted by molar-refractivity contribution is -0.149. The standard InChI is InChI=1S/C28H26FN3O4/c1-35-26(33)15-25(28(34)36-2)32-27(22-16-30-31-17-22)21-12-13-24(29)23(14-21)20-10-8-19(9-11-20)18-6-4-3-5-7-18/h3-14,16-17,25,27,32H,15H2,1-2H3,(H,30,31). The minimum atomic E-state index is -0.985. The number of hydrogen-bond acceptors (Lipinski definition) is 6. The molecule has 0 bridgehead atoms. The van der Waals surface area contributed by atoms with Crippen molar-refractivity contribution in [2.24, 2.45) is 0 Å². The Labute approximate surface area is 208 Å². The third kappa shape index (κ3) is 5.67. The number of ether oxygens (including phenoxy) is 2. The van der Waals surface area contributed by atoms with E-state index in [9.17, 15) is 14.0 Å². The van der Waals surface area contributed by atoms with Gasteiger partial charge in [-0.05, 0) is 34.4 Å². The molecule has 4 aromatic rings. The third-order valence-electron chi connectivity index (χ3n) is 5.93. The van der Waals surface area contributed by atoms with E-state index in [1.807, 2.05) is 54.6 Å². The van der Waals surface area contributed by atoms with Crippen LogP contribution in [0, 0.1) is 5.82 Å². The zero-order valence-electron chi connectivity index (χ0n) is 19.9. The van der Waals surface area contributed by atoms with E-state index in [4.69, 9.17) is 9.47 Å². The van der Waals surface area contributed by atoms with Gasteiger partial charge in [0, 0.05) is 17.3 Å². The highest BCUT2D eigenvalue weighted by molar-refractivity contribution is 5.82. The summed E-state index contributed by atoms with van der Waals surface area (Å²) in [6.45, 7) is 0. The Bertz CT molecular complexity index is 1310. The first-order valence-corrected chi connectivity index (χ1v) is 11.3. The molecule has 0 aliphatic rings. The Morgan fingerprint density at radius 3 is 2.25 bits per heavy atom. The Morgan fingerprint density at radius 1 is 0.917 bits per heavy atom. The van der Waals surface area contributed by atoms with E-state index < -0.39 is 24.0 Å².